The lowest BCUT2D eigenvalue weighted by molar-refractivity contribution is -0.141. The van der Waals surface area contributed by atoms with Gasteiger partial charge in [-0.1, -0.05) is 24.3 Å². The summed E-state index contributed by atoms with van der Waals surface area (Å²) < 4.78 is 40.5. The maximum atomic E-state index is 12.7. The molecule has 0 radical (unpaired) electrons. The quantitative estimate of drug-likeness (QED) is 0.531. The number of hydrogen-bond acceptors (Lipinski definition) is 4. The number of aromatic nitrogens is 4. The van der Waals surface area contributed by atoms with E-state index in [0.29, 0.717) is 16.7 Å². The molecule has 0 fully saturated rings. The van der Waals surface area contributed by atoms with Crippen molar-refractivity contribution in [2.45, 2.75) is 19.3 Å². The van der Waals surface area contributed by atoms with Crippen LogP contribution in [0.25, 0.3) is 16.7 Å². The fraction of sp³-hybridized carbons (Fsp3) is 0.143. The highest BCUT2D eigenvalue weighted by molar-refractivity contribution is 5.79. The molecule has 158 valence electrons. The molecule has 0 spiro atoms. The largest absolute Gasteiger partial charge is 0.435 e. The minimum atomic E-state index is -4.50. The third-order valence-electron chi connectivity index (χ3n) is 4.62. The molecule has 1 amide bonds. The molecule has 0 aliphatic heterocycles. The zero-order valence-corrected chi connectivity index (χ0v) is 16.0. The van der Waals surface area contributed by atoms with Gasteiger partial charge < -0.3 is 5.32 Å². The van der Waals surface area contributed by atoms with E-state index in [-0.39, 0.29) is 24.6 Å². The number of halogens is 3. The molecule has 2 heterocycles. The van der Waals surface area contributed by atoms with Gasteiger partial charge in [-0.3, -0.25) is 14.2 Å². The van der Waals surface area contributed by atoms with Gasteiger partial charge in [0, 0.05) is 12.7 Å². The van der Waals surface area contributed by atoms with E-state index in [2.05, 4.69) is 15.4 Å². The third-order valence-corrected chi connectivity index (χ3v) is 4.62. The monoisotopic (exact) mass is 427 g/mol. The lowest BCUT2D eigenvalue weighted by Crippen LogP contribution is -2.32. The molecule has 10 heteroatoms. The zero-order chi connectivity index (χ0) is 22.0. The fourth-order valence-electron chi connectivity index (χ4n) is 3.06. The molecule has 4 rings (SSSR count). The number of nitrogens with zero attached hydrogens (tertiary/aromatic N) is 4. The number of amides is 1. The number of para-hydroxylation sites is 2. The zero-order valence-electron chi connectivity index (χ0n) is 16.0. The normalized spacial score (nSPS) is 11.6. The first-order valence-electron chi connectivity index (χ1n) is 9.25. The van der Waals surface area contributed by atoms with E-state index in [0.717, 1.165) is 16.3 Å². The number of benzene rings is 2. The van der Waals surface area contributed by atoms with Crippen molar-refractivity contribution in [3.05, 3.63) is 88.6 Å². The molecule has 0 aliphatic carbocycles. The second kappa shape index (κ2) is 8.05. The molecule has 0 saturated carbocycles. The Balaban J connectivity index is 1.41. The molecular formula is C21H16F3N5O2. The Morgan fingerprint density at radius 2 is 1.77 bits per heavy atom. The van der Waals surface area contributed by atoms with Crippen LogP contribution in [0.1, 0.15) is 11.3 Å². The Morgan fingerprint density at radius 3 is 2.48 bits per heavy atom. The van der Waals surface area contributed by atoms with E-state index in [1.165, 1.54) is 17.0 Å². The standard InChI is InChI=1S/C21H16F3N5O2/c22-21(23,24)18-9-10-29(27-18)15-7-5-14(6-8-15)11-26-19(30)13-28-17-4-2-1-3-16(17)25-12-20(28)31/h1-10,12H,11,13H2,(H,26,30). The molecule has 31 heavy (non-hydrogen) atoms. The highest BCUT2D eigenvalue weighted by Gasteiger charge is 2.33. The Morgan fingerprint density at radius 1 is 1.03 bits per heavy atom. The topological polar surface area (TPSA) is 81.8 Å². The Hall–Kier alpha value is -3.95. The van der Waals surface area contributed by atoms with E-state index in [1.54, 1.807) is 48.5 Å². The van der Waals surface area contributed by atoms with Crippen LogP contribution in [0.15, 0.2) is 71.8 Å². The summed E-state index contributed by atoms with van der Waals surface area (Å²) in [5.41, 5.74) is 1.02. The molecule has 2 aromatic carbocycles. The van der Waals surface area contributed by atoms with Crippen LogP contribution in [0.2, 0.25) is 0 Å². The van der Waals surface area contributed by atoms with Gasteiger partial charge in [0.15, 0.2) is 5.69 Å². The van der Waals surface area contributed by atoms with E-state index in [4.69, 9.17) is 0 Å². The van der Waals surface area contributed by atoms with Crippen LogP contribution in [0.4, 0.5) is 13.2 Å². The number of carbonyl (C=O) groups excluding carboxylic acids is 1. The second-order valence-corrected chi connectivity index (χ2v) is 6.76. The lowest BCUT2D eigenvalue weighted by Gasteiger charge is -2.10. The summed E-state index contributed by atoms with van der Waals surface area (Å²) in [6.45, 7) is 0.0389. The summed E-state index contributed by atoms with van der Waals surface area (Å²) in [6, 6.07) is 14.5. The van der Waals surface area contributed by atoms with Crippen LogP contribution in [-0.4, -0.2) is 25.2 Å². The first kappa shape index (κ1) is 20.3. The average Bonchev–Trinajstić information content (AvgIpc) is 3.26. The number of fused-ring (bicyclic) bond motifs is 1. The Bertz CT molecular complexity index is 1290. The van der Waals surface area contributed by atoms with Gasteiger partial charge in [0.05, 0.1) is 22.9 Å². The van der Waals surface area contributed by atoms with Crippen molar-refractivity contribution in [3.8, 4) is 5.69 Å². The van der Waals surface area contributed by atoms with Crippen LogP contribution in [0.5, 0.6) is 0 Å². The number of carbonyl (C=O) groups is 1. The van der Waals surface area contributed by atoms with Gasteiger partial charge in [-0.05, 0) is 35.9 Å². The molecule has 0 saturated heterocycles. The van der Waals surface area contributed by atoms with Gasteiger partial charge >= 0.3 is 6.18 Å². The fourth-order valence-corrected chi connectivity index (χ4v) is 3.06. The molecule has 2 aromatic heterocycles. The number of rotatable bonds is 5. The molecule has 0 aliphatic rings. The molecule has 0 atom stereocenters. The van der Waals surface area contributed by atoms with Gasteiger partial charge in [0.2, 0.25) is 5.91 Å². The van der Waals surface area contributed by atoms with Crippen molar-refractivity contribution in [2.75, 3.05) is 0 Å². The maximum absolute atomic E-state index is 12.7. The SMILES string of the molecule is O=C(Cn1c(=O)cnc2ccccc21)NCc1ccc(-n2ccc(C(F)(F)F)n2)cc1. The van der Waals surface area contributed by atoms with Gasteiger partial charge in [-0.15, -0.1) is 0 Å². The average molecular weight is 427 g/mol. The second-order valence-electron chi connectivity index (χ2n) is 6.76. The smallest absolute Gasteiger partial charge is 0.350 e. The minimum Gasteiger partial charge on any atom is -0.350 e. The van der Waals surface area contributed by atoms with Crippen molar-refractivity contribution in [3.63, 3.8) is 0 Å². The highest BCUT2D eigenvalue weighted by Crippen LogP contribution is 2.27. The van der Waals surface area contributed by atoms with E-state index in [9.17, 15) is 22.8 Å². The summed E-state index contributed by atoms with van der Waals surface area (Å²) in [4.78, 5) is 28.5. The van der Waals surface area contributed by atoms with Crippen LogP contribution < -0.4 is 10.9 Å². The first-order chi connectivity index (χ1) is 14.8. The molecule has 7 nitrogen and oxygen atoms in total. The van der Waals surface area contributed by atoms with E-state index < -0.39 is 11.9 Å². The van der Waals surface area contributed by atoms with Crippen molar-refractivity contribution in [1.29, 1.82) is 0 Å². The first-order valence-corrected chi connectivity index (χ1v) is 9.25. The predicted octanol–water partition coefficient (Wildman–Crippen LogP) is 2.92. The van der Waals surface area contributed by atoms with Crippen LogP contribution in [-0.2, 0) is 24.1 Å². The number of alkyl halides is 3. The van der Waals surface area contributed by atoms with E-state index in [1.807, 2.05) is 0 Å². The summed E-state index contributed by atoms with van der Waals surface area (Å²) in [5.74, 6) is -0.357. The van der Waals surface area contributed by atoms with Gasteiger partial charge in [-0.2, -0.15) is 18.3 Å². The van der Waals surface area contributed by atoms with Crippen molar-refractivity contribution in [1.82, 2.24) is 24.6 Å². The third kappa shape index (κ3) is 4.47. The number of nitrogens with one attached hydrogen (secondary N) is 1. The van der Waals surface area contributed by atoms with Crippen molar-refractivity contribution in [2.24, 2.45) is 0 Å². The summed E-state index contributed by atoms with van der Waals surface area (Å²) in [7, 11) is 0. The minimum absolute atomic E-state index is 0.159. The summed E-state index contributed by atoms with van der Waals surface area (Å²) in [5, 5.41) is 6.25. The lowest BCUT2D eigenvalue weighted by atomic mass is 10.2. The van der Waals surface area contributed by atoms with E-state index >= 15 is 0 Å². The maximum Gasteiger partial charge on any atom is 0.435 e. The van der Waals surface area contributed by atoms with Gasteiger partial charge in [0.1, 0.15) is 6.54 Å². The highest BCUT2D eigenvalue weighted by atomic mass is 19.4. The van der Waals surface area contributed by atoms with Gasteiger partial charge in [0.25, 0.3) is 5.56 Å². The Kier molecular flexibility index (Phi) is 5.28. The van der Waals surface area contributed by atoms with Crippen molar-refractivity contribution < 1.29 is 18.0 Å². The summed E-state index contributed by atoms with van der Waals surface area (Å²) in [6.07, 6.45) is -2.10. The summed E-state index contributed by atoms with van der Waals surface area (Å²) >= 11 is 0. The molecule has 1 N–H and O–H groups in total. The number of hydrogen-bond donors (Lipinski definition) is 1. The predicted molar refractivity (Wildman–Crippen MR) is 106 cm³/mol. The molecule has 4 aromatic rings. The van der Waals surface area contributed by atoms with Crippen molar-refractivity contribution >= 4 is 16.9 Å². The molecular weight excluding hydrogens is 411 g/mol. The van der Waals surface area contributed by atoms with Gasteiger partial charge in [-0.25, -0.2) is 9.67 Å². The van der Waals surface area contributed by atoms with Crippen LogP contribution in [0.3, 0.4) is 0 Å². The molecule has 0 bridgehead atoms. The Labute approximate surface area is 173 Å². The molecule has 0 unspecified atom stereocenters. The van der Waals surface area contributed by atoms with Crippen LogP contribution >= 0.6 is 0 Å². The van der Waals surface area contributed by atoms with Crippen LogP contribution in [0, 0.1) is 0 Å².